The van der Waals surface area contributed by atoms with Crippen molar-refractivity contribution in [2.75, 3.05) is 19.0 Å². The first-order valence-corrected chi connectivity index (χ1v) is 7.11. The van der Waals surface area contributed by atoms with E-state index in [4.69, 9.17) is 4.74 Å². The number of methoxy groups -OCH3 is 1. The zero-order valence-electron chi connectivity index (χ0n) is 12.8. The number of anilines is 1. The molecule has 0 aromatic carbocycles. The van der Waals surface area contributed by atoms with Crippen molar-refractivity contribution >= 4 is 5.95 Å². The predicted octanol–water partition coefficient (Wildman–Crippen LogP) is 2.47. The molecule has 0 aliphatic heterocycles. The summed E-state index contributed by atoms with van der Waals surface area (Å²) in [5, 5.41) is 13.4. The number of ether oxygens (including phenoxy) is 1. The van der Waals surface area contributed by atoms with Gasteiger partial charge >= 0.3 is 0 Å². The molecule has 5 heteroatoms. The van der Waals surface area contributed by atoms with Gasteiger partial charge in [-0.25, -0.2) is 4.98 Å². The van der Waals surface area contributed by atoms with Gasteiger partial charge in [0.2, 0.25) is 11.8 Å². The topological polar surface area (TPSA) is 67.3 Å². The molecule has 1 aliphatic rings. The Bertz CT molecular complexity index is 464. The Kier molecular flexibility index (Phi) is 4.18. The van der Waals surface area contributed by atoms with Gasteiger partial charge in [0, 0.05) is 18.8 Å². The number of aliphatic hydroxyl groups excluding tert-OH is 1. The van der Waals surface area contributed by atoms with Crippen molar-refractivity contribution < 1.29 is 9.84 Å². The number of hydrogen-bond acceptors (Lipinski definition) is 5. The van der Waals surface area contributed by atoms with Gasteiger partial charge < -0.3 is 15.2 Å². The maximum absolute atomic E-state index is 10.1. The molecule has 0 bridgehead atoms. The van der Waals surface area contributed by atoms with E-state index in [-0.39, 0.29) is 16.9 Å². The number of aromatic nitrogens is 2. The standard InChI is InChI=1S/C15H25N3O2/c1-14(2)7-11(19)8-15(3,9-14)10-17-13-16-6-5-12(18-13)20-4/h5-6,11,19H,7-10H2,1-4H3,(H,16,17,18). The molecule has 1 heterocycles. The molecule has 2 rings (SSSR count). The second kappa shape index (κ2) is 5.56. The lowest BCUT2D eigenvalue weighted by Crippen LogP contribution is -2.42. The minimum Gasteiger partial charge on any atom is -0.481 e. The number of nitrogens with zero attached hydrogens (tertiary/aromatic N) is 2. The molecule has 20 heavy (non-hydrogen) atoms. The molecule has 0 saturated heterocycles. The largest absolute Gasteiger partial charge is 0.481 e. The van der Waals surface area contributed by atoms with Crippen LogP contribution in [0.2, 0.25) is 0 Å². The second-order valence-electron chi connectivity index (χ2n) is 6.99. The minimum atomic E-state index is -0.225. The Morgan fingerprint density at radius 2 is 2.15 bits per heavy atom. The van der Waals surface area contributed by atoms with Gasteiger partial charge in [-0.1, -0.05) is 20.8 Å². The van der Waals surface area contributed by atoms with Gasteiger partial charge in [0.15, 0.2) is 0 Å². The van der Waals surface area contributed by atoms with Gasteiger partial charge in [0.25, 0.3) is 0 Å². The van der Waals surface area contributed by atoms with E-state index in [1.165, 1.54) is 0 Å². The molecule has 0 spiro atoms. The van der Waals surface area contributed by atoms with E-state index in [2.05, 4.69) is 36.1 Å². The van der Waals surface area contributed by atoms with Crippen molar-refractivity contribution in [1.29, 1.82) is 0 Å². The van der Waals surface area contributed by atoms with Gasteiger partial charge in [0.1, 0.15) is 0 Å². The van der Waals surface area contributed by atoms with Gasteiger partial charge in [-0.05, 0) is 30.1 Å². The average molecular weight is 279 g/mol. The van der Waals surface area contributed by atoms with Crippen LogP contribution in [-0.2, 0) is 0 Å². The molecule has 2 atom stereocenters. The van der Waals surface area contributed by atoms with E-state index in [0.29, 0.717) is 11.8 Å². The van der Waals surface area contributed by atoms with Crippen LogP contribution < -0.4 is 10.1 Å². The van der Waals surface area contributed by atoms with Crippen molar-refractivity contribution in [2.24, 2.45) is 10.8 Å². The molecule has 0 amide bonds. The molecule has 112 valence electrons. The Balaban J connectivity index is 2.01. The highest BCUT2D eigenvalue weighted by Gasteiger charge is 2.40. The van der Waals surface area contributed by atoms with Crippen LogP contribution in [-0.4, -0.2) is 34.8 Å². The highest BCUT2D eigenvalue weighted by molar-refractivity contribution is 5.27. The predicted molar refractivity (Wildman–Crippen MR) is 78.8 cm³/mol. The Morgan fingerprint density at radius 1 is 1.40 bits per heavy atom. The lowest BCUT2D eigenvalue weighted by atomic mass is 9.63. The van der Waals surface area contributed by atoms with Crippen molar-refractivity contribution in [3.8, 4) is 5.88 Å². The lowest BCUT2D eigenvalue weighted by molar-refractivity contribution is -0.00324. The Hall–Kier alpha value is -1.36. The molecular weight excluding hydrogens is 254 g/mol. The maximum atomic E-state index is 10.1. The third-order valence-corrected chi connectivity index (χ3v) is 3.93. The van der Waals surface area contributed by atoms with Crippen LogP contribution in [0, 0.1) is 10.8 Å². The van der Waals surface area contributed by atoms with Crippen molar-refractivity contribution in [3.05, 3.63) is 12.3 Å². The third kappa shape index (κ3) is 3.82. The number of rotatable bonds is 4. The van der Waals surface area contributed by atoms with Crippen molar-refractivity contribution in [2.45, 2.75) is 46.1 Å². The molecule has 2 unspecified atom stereocenters. The fourth-order valence-electron chi connectivity index (χ4n) is 3.55. The van der Waals surface area contributed by atoms with Crippen LogP contribution in [0.4, 0.5) is 5.95 Å². The number of nitrogens with one attached hydrogen (secondary N) is 1. The van der Waals surface area contributed by atoms with E-state index >= 15 is 0 Å². The van der Waals surface area contributed by atoms with E-state index < -0.39 is 0 Å². The highest BCUT2D eigenvalue weighted by atomic mass is 16.5. The zero-order chi connectivity index (χ0) is 14.8. The summed E-state index contributed by atoms with van der Waals surface area (Å²) in [5.74, 6) is 1.13. The zero-order valence-corrected chi connectivity index (χ0v) is 12.8. The Labute approximate surface area is 120 Å². The smallest absolute Gasteiger partial charge is 0.225 e. The first-order chi connectivity index (χ1) is 9.32. The van der Waals surface area contributed by atoms with Gasteiger partial charge in [-0.2, -0.15) is 4.98 Å². The van der Waals surface area contributed by atoms with E-state index in [9.17, 15) is 5.11 Å². The summed E-state index contributed by atoms with van der Waals surface area (Å²) in [7, 11) is 1.59. The van der Waals surface area contributed by atoms with Crippen LogP contribution >= 0.6 is 0 Å². The number of aliphatic hydroxyl groups is 1. The van der Waals surface area contributed by atoms with E-state index in [1.54, 1.807) is 19.4 Å². The van der Waals surface area contributed by atoms with Crippen LogP contribution in [0.3, 0.4) is 0 Å². The molecule has 2 N–H and O–H groups in total. The summed E-state index contributed by atoms with van der Waals surface area (Å²) in [4.78, 5) is 8.45. The molecule has 1 aromatic rings. The Morgan fingerprint density at radius 3 is 2.80 bits per heavy atom. The quantitative estimate of drug-likeness (QED) is 0.886. The van der Waals surface area contributed by atoms with Crippen LogP contribution in [0.1, 0.15) is 40.0 Å². The fraction of sp³-hybridized carbons (Fsp3) is 0.733. The monoisotopic (exact) mass is 279 g/mol. The highest BCUT2D eigenvalue weighted by Crippen LogP contribution is 2.45. The SMILES string of the molecule is COc1ccnc(NCC2(C)CC(O)CC(C)(C)C2)n1. The summed E-state index contributed by atoms with van der Waals surface area (Å²) in [6, 6.07) is 1.72. The molecular formula is C15H25N3O2. The van der Waals surface area contributed by atoms with E-state index in [0.717, 1.165) is 25.8 Å². The molecule has 1 fully saturated rings. The first kappa shape index (κ1) is 15.0. The van der Waals surface area contributed by atoms with Gasteiger partial charge in [0.05, 0.1) is 13.2 Å². The third-order valence-electron chi connectivity index (χ3n) is 3.93. The molecule has 5 nitrogen and oxygen atoms in total. The van der Waals surface area contributed by atoms with Crippen molar-refractivity contribution in [1.82, 2.24) is 9.97 Å². The molecule has 0 radical (unpaired) electrons. The molecule has 1 aliphatic carbocycles. The van der Waals surface area contributed by atoms with Crippen molar-refractivity contribution in [3.63, 3.8) is 0 Å². The average Bonchev–Trinajstić information content (AvgIpc) is 2.34. The first-order valence-electron chi connectivity index (χ1n) is 7.11. The van der Waals surface area contributed by atoms with Crippen LogP contribution in [0.5, 0.6) is 5.88 Å². The summed E-state index contributed by atoms with van der Waals surface area (Å²) in [5.41, 5.74) is 0.219. The summed E-state index contributed by atoms with van der Waals surface area (Å²) in [6.07, 6.45) is 4.22. The fourth-order valence-corrected chi connectivity index (χ4v) is 3.55. The summed E-state index contributed by atoms with van der Waals surface area (Å²) < 4.78 is 5.09. The summed E-state index contributed by atoms with van der Waals surface area (Å²) >= 11 is 0. The van der Waals surface area contributed by atoms with Crippen LogP contribution in [0.15, 0.2) is 12.3 Å². The second-order valence-corrected chi connectivity index (χ2v) is 6.99. The van der Waals surface area contributed by atoms with Gasteiger partial charge in [-0.15, -0.1) is 0 Å². The van der Waals surface area contributed by atoms with E-state index in [1.807, 2.05) is 0 Å². The maximum Gasteiger partial charge on any atom is 0.225 e. The minimum absolute atomic E-state index is 0.0492. The summed E-state index contributed by atoms with van der Waals surface area (Å²) in [6.45, 7) is 7.40. The molecule has 1 saturated carbocycles. The number of hydrogen-bond donors (Lipinski definition) is 2. The van der Waals surface area contributed by atoms with Crippen LogP contribution in [0.25, 0.3) is 0 Å². The lowest BCUT2D eigenvalue weighted by Gasteiger charge is -2.45. The normalized spacial score (nSPS) is 28.9. The molecule has 1 aromatic heterocycles. The van der Waals surface area contributed by atoms with Gasteiger partial charge in [-0.3, -0.25) is 0 Å².